The molecule has 164 valence electrons. The number of carbonyl (C=O) groups excluding carboxylic acids is 3. The summed E-state index contributed by atoms with van der Waals surface area (Å²) in [5.74, 6) is -1.60. The molecule has 1 saturated heterocycles. The zero-order valence-corrected chi connectivity index (χ0v) is 18.0. The van der Waals surface area contributed by atoms with E-state index >= 15 is 0 Å². The smallest absolute Gasteiger partial charge is 0.341 e. The summed E-state index contributed by atoms with van der Waals surface area (Å²) in [5, 5.41) is 13.9. The van der Waals surface area contributed by atoms with E-state index in [2.05, 4.69) is 5.32 Å². The number of thiophene rings is 1. The molecular formula is C20H21N3O7S. The first-order chi connectivity index (χ1) is 14.7. The van der Waals surface area contributed by atoms with Gasteiger partial charge in [-0.05, 0) is 25.5 Å². The maximum Gasteiger partial charge on any atom is 0.341 e. The second-order valence-corrected chi connectivity index (χ2v) is 7.89. The molecule has 0 unspecified atom stereocenters. The lowest BCUT2D eigenvalue weighted by molar-refractivity contribution is -0.385. The van der Waals surface area contributed by atoms with Crippen molar-refractivity contribution >= 4 is 39.8 Å². The molecule has 0 spiro atoms. The van der Waals surface area contributed by atoms with Crippen molar-refractivity contribution in [2.75, 3.05) is 38.7 Å². The van der Waals surface area contributed by atoms with Crippen LogP contribution in [0.2, 0.25) is 0 Å². The fourth-order valence-electron chi connectivity index (χ4n) is 3.19. The first-order valence-corrected chi connectivity index (χ1v) is 10.2. The van der Waals surface area contributed by atoms with Gasteiger partial charge in [0.05, 0.1) is 35.7 Å². The number of aryl methyl sites for hydroxylation is 1. The molecule has 1 fully saturated rings. The Morgan fingerprint density at radius 1 is 1.23 bits per heavy atom. The second kappa shape index (κ2) is 9.23. The van der Waals surface area contributed by atoms with Gasteiger partial charge < -0.3 is 19.7 Å². The fourth-order valence-corrected chi connectivity index (χ4v) is 4.34. The van der Waals surface area contributed by atoms with Crippen molar-refractivity contribution in [2.45, 2.75) is 13.8 Å². The van der Waals surface area contributed by atoms with Crippen molar-refractivity contribution in [1.29, 1.82) is 0 Å². The highest BCUT2D eigenvalue weighted by Crippen LogP contribution is 2.35. The summed E-state index contributed by atoms with van der Waals surface area (Å²) in [6, 6.07) is 4.10. The monoisotopic (exact) mass is 447 g/mol. The highest BCUT2D eigenvalue weighted by molar-refractivity contribution is 7.18. The first-order valence-electron chi connectivity index (χ1n) is 9.39. The molecule has 31 heavy (non-hydrogen) atoms. The number of ether oxygens (including phenoxy) is 2. The molecule has 10 nitrogen and oxygen atoms in total. The van der Waals surface area contributed by atoms with E-state index in [-0.39, 0.29) is 27.7 Å². The lowest BCUT2D eigenvalue weighted by Gasteiger charge is -2.26. The van der Waals surface area contributed by atoms with Gasteiger partial charge in [0.25, 0.3) is 17.5 Å². The lowest BCUT2D eigenvalue weighted by Crippen LogP contribution is -2.40. The molecule has 0 saturated carbocycles. The molecular weight excluding hydrogens is 426 g/mol. The Bertz CT molecular complexity index is 1060. The number of benzene rings is 1. The van der Waals surface area contributed by atoms with Gasteiger partial charge in [0, 0.05) is 30.3 Å². The van der Waals surface area contributed by atoms with E-state index in [9.17, 15) is 24.5 Å². The van der Waals surface area contributed by atoms with Gasteiger partial charge in [-0.1, -0.05) is 6.07 Å². The van der Waals surface area contributed by atoms with E-state index in [4.69, 9.17) is 9.47 Å². The molecule has 0 aliphatic carbocycles. The quantitative estimate of drug-likeness (QED) is 0.424. The molecule has 0 atom stereocenters. The number of hydrogen-bond acceptors (Lipinski definition) is 8. The molecule has 1 aliphatic rings. The van der Waals surface area contributed by atoms with Gasteiger partial charge in [-0.2, -0.15) is 0 Å². The molecule has 2 aromatic rings. The number of hydrogen-bond donors (Lipinski definition) is 1. The van der Waals surface area contributed by atoms with Crippen LogP contribution >= 0.6 is 11.3 Å². The number of methoxy groups -OCH3 is 1. The number of nitrogens with zero attached hydrogens (tertiary/aromatic N) is 2. The number of rotatable bonds is 5. The number of anilines is 1. The molecule has 2 heterocycles. The van der Waals surface area contributed by atoms with E-state index in [1.165, 1.54) is 25.3 Å². The number of amides is 2. The van der Waals surface area contributed by atoms with Crippen LogP contribution in [-0.4, -0.2) is 61.0 Å². The molecule has 11 heteroatoms. The zero-order valence-electron chi connectivity index (χ0n) is 17.2. The second-order valence-electron chi connectivity index (χ2n) is 6.87. The maximum absolute atomic E-state index is 13.0. The van der Waals surface area contributed by atoms with Crippen LogP contribution in [-0.2, 0) is 9.47 Å². The minimum atomic E-state index is -0.694. The topological polar surface area (TPSA) is 128 Å². The minimum absolute atomic E-state index is 0.0558. The average Bonchev–Trinajstić information content (AvgIpc) is 3.08. The highest BCUT2D eigenvalue weighted by atomic mass is 32.1. The van der Waals surface area contributed by atoms with E-state index < -0.39 is 16.8 Å². The molecule has 1 aromatic carbocycles. The molecule has 0 radical (unpaired) electrons. The van der Waals surface area contributed by atoms with Crippen molar-refractivity contribution in [3.63, 3.8) is 0 Å². The predicted molar refractivity (Wildman–Crippen MR) is 113 cm³/mol. The average molecular weight is 447 g/mol. The molecule has 1 N–H and O–H groups in total. The molecule has 2 amide bonds. The van der Waals surface area contributed by atoms with Gasteiger partial charge in [-0.3, -0.25) is 19.7 Å². The van der Waals surface area contributed by atoms with Gasteiger partial charge >= 0.3 is 5.97 Å². The van der Waals surface area contributed by atoms with Gasteiger partial charge in [0.2, 0.25) is 0 Å². The van der Waals surface area contributed by atoms with Crippen LogP contribution in [0, 0.1) is 24.0 Å². The highest BCUT2D eigenvalue weighted by Gasteiger charge is 2.29. The van der Waals surface area contributed by atoms with Crippen molar-refractivity contribution in [3.8, 4) is 0 Å². The van der Waals surface area contributed by atoms with Gasteiger partial charge in [0.15, 0.2) is 0 Å². The Hall–Kier alpha value is -3.31. The van der Waals surface area contributed by atoms with Crippen molar-refractivity contribution in [3.05, 3.63) is 55.4 Å². The summed E-state index contributed by atoms with van der Waals surface area (Å²) in [7, 11) is 1.21. The van der Waals surface area contributed by atoms with Crippen LogP contribution in [0.15, 0.2) is 18.2 Å². The summed E-state index contributed by atoms with van der Waals surface area (Å²) >= 11 is 0.970. The number of esters is 1. The van der Waals surface area contributed by atoms with Crippen LogP contribution in [0.5, 0.6) is 0 Å². The van der Waals surface area contributed by atoms with Gasteiger partial charge in [0.1, 0.15) is 5.00 Å². The van der Waals surface area contributed by atoms with Gasteiger partial charge in [-0.25, -0.2) is 4.79 Å². The Kier molecular flexibility index (Phi) is 6.66. The van der Waals surface area contributed by atoms with Crippen molar-refractivity contribution < 1.29 is 28.8 Å². The zero-order chi connectivity index (χ0) is 22.7. The SMILES string of the molecule is COC(=O)c1c(NC(=O)c2ccc(C)c([N+](=O)[O-])c2)sc(C(=O)N2CCOCC2)c1C. The Labute approximate surface area is 181 Å². The van der Waals surface area contributed by atoms with E-state index in [0.717, 1.165) is 11.3 Å². The number of nitro groups is 1. The van der Waals surface area contributed by atoms with E-state index in [0.29, 0.717) is 42.3 Å². The molecule has 3 rings (SSSR count). The molecule has 1 aromatic heterocycles. The predicted octanol–water partition coefficient (Wildman–Crippen LogP) is 2.78. The third kappa shape index (κ3) is 4.57. The Balaban J connectivity index is 1.95. The van der Waals surface area contributed by atoms with E-state index in [1.54, 1.807) is 18.7 Å². The fraction of sp³-hybridized carbons (Fsp3) is 0.350. The minimum Gasteiger partial charge on any atom is -0.465 e. The number of nitro benzene ring substituents is 1. The third-order valence-electron chi connectivity index (χ3n) is 4.92. The normalized spacial score (nSPS) is 13.6. The number of carbonyl (C=O) groups is 3. The van der Waals surface area contributed by atoms with Crippen molar-refractivity contribution in [1.82, 2.24) is 4.90 Å². The Morgan fingerprint density at radius 2 is 1.90 bits per heavy atom. The summed E-state index contributed by atoms with van der Waals surface area (Å²) in [5.41, 5.74) is 0.770. The third-order valence-corrected chi connectivity index (χ3v) is 6.12. The molecule has 0 bridgehead atoms. The van der Waals surface area contributed by atoms with Crippen molar-refractivity contribution in [2.24, 2.45) is 0 Å². The van der Waals surface area contributed by atoms with Crippen LogP contribution in [0.3, 0.4) is 0 Å². The van der Waals surface area contributed by atoms with Crippen LogP contribution in [0.25, 0.3) is 0 Å². The van der Waals surface area contributed by atoms with Crippen LogP contribution < -0.4 is 5.32 Å². The van der Waals surface area contributed by atoms with Gasteiger partial charge in [-0.15, -0.1) is 11.3 Å². The summed E-state index contributed by atoms with van der Waals surface area (Å²) < 4.78 is 10.1. The van der Waals surface area contributed by atoms with Crippen LogP contribution in [0.4, 0.5) is 10.7 Å². The van der Waals surface area contributed by atoms with E-state index in [1.807, 2.05) is 0 Å². The standard InChI is InChI=1S/C20H21N3O7S/c1-11-4-5-13(10-14(11)23(27)28)17(24)21-18-15(20(26)29-3)12(2)16(31-18)19(25)22-6-8-30-9-7-22/h4-5,10H,6-9H2,1-3H3,(H,21,24). The molecule has 1 aliphatic heterocycles. The first kappa shape index (κ1) is 22.4. The summed E-state index contributed by atoms with van der Waals surface area (Å²) in [4.78, 5) is 50.6. The summed E-state index contributed by atoms with van der Waals surface area (Å²) in [6.45, 7) is 4.90. The number of nitrogens with one attached hydrogen (secondary N) is 1. The Morgan fingerprint density at radius 3 is 2.52 bits per heavy atom. The number of morpholine rings is 1. The maximum atomic E-state index is 13.0. The lowest BCUT2D eigenvalue weighted by atomic mass is 10.1. The largest absolute Gasteiger partial charge is 0.465 e. The van der Waals surface area contributed by atoms with Crippen LogP contribution in [0.1, 0.15) is 41.5 Å². The summed E-state index contributed by atoms with van der Waals surface area (Å²) in [6.07, 6.45) is 0.